The van der Waals surface area contributed by atoms with Crippen LogP contribution in [0.25, 0.3) is 0 Å². The van der Waals surface area contributed by atoms with E-state index >= 15 is 0 Å². The number of rotatable bonds is 0. The minimum Gasteiger partial charge on any atom is -0.730 e. The summed E-state index contributed by atoms with van der Waals surface area (Å²) < 4.78 is 0. The van der Waals surface area contributed by atoms with Crippen molar-refractivity contribution in [1.29, 1.82) is 0 Å². The molecule has 0 N–H and O–H groups in total. The average Bonchev–Trinajstić information content (AvgIpc) is 1.61. The quantitative estimate of drug-likeness (QED) is 0.176. The predicted octanol–water partition coefficient (Wildman–Crippen LogP) is 0.567. The largest absolute Gasteiger partial charge is 0.730 e. The topological polar surface area (TPSA) is 0 Å². The van der Waals surface area contributed by atoms with Gasteiger partial charge in [0.25, 0.3) is 0 Å². The Balaban J connectivity index is 3.07. The van der Waals surface area contributed by atoms with E-state index in [2.05, 4.69) is 11.5 Å². The first-order valence-corrected chi connectivity index (χ1v) is 2.13. The highest BCUT2D eigenvalue weighted by molar-refractivity contribution is 7.49. The van der Waals surface area contributed by atoms with Crippen LogP contribution in [-0.4, -0.2) is 7.85 Å². The normalized spacial score (nSPS) is 6.50. The molecule has 0 spiro atoms. The first-order chi connectivity index (χ1) is 2.91. The molecule has 0 aromatic heterocycles. The Morgan fingerprint density at radius 2 is 2.33 bits per heavy atom. The standard InChI is InChI=1S/C4BP/c1-2-6-4-3-5/q-2. The summed E-state index contributed by atoms with van der Waals surface area (Å²) in [5.74, 6) is 2.12. The highest BCUT2D eigenvalue weighted by atomic mass is 31.1. The van der Waals surface area contributed by atoms with Crippen molar-refractivity contribution >= 4 is 16.4 Å². The van der Waals surface area contributed by atoms with E-state index in [0.717, 1.165) is 0 Å². The summed E-state index contributed by atoms with van der Waals surface area (Å²) in [6.45, 7) is 0. The van der Waals surface area contributed by atoms with Gasteiger partial charge in [-0.1, -0.05) is 0 Å². The Hall–Kier alpha value is -0.385. The highest BCUT2D eigenvalue weighted by Crippen LogP contribution is 1.98. The second kappa shape index (κ2) is 4.61. The fraction of sp³-hybridized carbons (Fsp3) is 0. The lowest BCUT2D eigenvalue weighted by Gasteiger charge is -1.97. The maximum absolute atomic E-state index is 6.29. The second-order valence-electron chi connectivity index (χ2n) is 0.480. The van der Waals surface area contributed by atoms with E-state index in [1.165, 1.54) is 0 Å². The van der Waals surface area contributed by atoms with Gasteiger partial charge in [-0.15, -0.1) is 0 Å². The van der Waals surface area contributed by atoms with Crippen LogP contribution in [0.3, 0.4) is 0 Å². The maximum atomic E-state index is 6.29. The van der Waals surface area contributed by atoms with Crippen LogP contribution in [0.15, 0.2) is 0 Å². The number of hydrogen-bond acceptors (Lipinski definition) is 0. The minimum absolute atomic E-state index is 0.542. The minimum atomic E-state index is 0.542. The monoisotopic (exact) mass is 90.0 g/mol. The summed E-state index contributed by atoms with van der Waals surface area (Å²) in [6.07, 6.45) is 6.29. The zero-order valence-electron chi connectivity index (χ0n) is 3.02. The summed E-state index contributed by atoms with van der Waals surface area (Å²) in [5, 5.41) is 0. The van der Waals surface area contributed by atoms with Gasteiger partial charge in [0.15, 0.2) is 7.85 Å². The Morgan fingerprint density at radius 1 is 1.67 bits per heavy atom. The summed E-state index contributed by atoms with van der Waals surface area (Å²) in [6, 6.07) is 0. The zero-order chi connectivity index (χ0) is 4.83. The zero-order valence-corrected chi connectivity index (χ0v) is 3.92. The van der Waals surface area contributed by atoms with E-state index in [1.54, 1.807) is 0 Å². The van der Waals surface area contributed by atoms with Crippen LogP contribution in [0.4, 0.5) is 0 Å². The van der Waals surface area contributed by atoms with Crippen LogP contribution in [0.2, 0.25) is 0 Å². The van der Waals surface area contributed by atoms with Crippen LogP contribution in [0, 0.1) is 23.6 Å². The van der Waals surface area contributed by atoms with Gasteiger partial charge in [-0.2, -0.15) is 0 Å². The Bertz CT molecular complexity index is 112. The third-order valence-corrected chi connectivity index (χ3v) is 0.529. The molecule has 0 heterocycles. The number of hydrogen-bond donors (Lipinski definition) is 0. The van der Waals surface area contributed by atoms with E-state index in [0.29, 0.717) is 8.58 Å². The summed E-state index contributed by atoms with van der Waals surface area (Å²) in [7, 11) is 5.27. The van der Waals surface area contributed by atoms with Crippen molar-refractivity contribution in [3.8, 4) is 17.1 Å². The molecule has 0 unspecified atom stereocenters. The maximum Gasteiger partial charge on any atom is 0.184 e. The van der Waals surface area contributed by atoms with Gasteiger partial charge in [0, 0.05) is 0 Å². The lowest BCUT2D eigenvalue weighted by molar-refractivity contribution is 2.78. The molecule has 26 valence electrons. The van der Waals surface area contributed by atoms with E-state index in [4.69, 9.17) is 14.3 Å². The van der Waals surface area contributed by atoms with E-state index in [9.17, 15) is 0 Å². The van der Waals surface area contributed by atoms with Crippen LogP contribution in [0.1, 0.15) is 0 Å². The Labute approximate surface area is 40.9 Å². The van der Waals surface area contributed by atoms with Crippen molar-refractivity contribution in [2.24, 2.45) is 0 Å². The fourth-order valence-electron chi connectivity index (χ4n) is 0.0602. The molecule has 0 nitrogen and oxygen atoms in total. The molecule has 0 fully saturated rings. The summed E-state index contributed by atoms with van der Waals surface area (Å²) in [5.41, 5.74) is 4.44. The van der Waals surface area contributed by atoms with E-state index in [1.807, 2.05) is 5.66 Å². The van der Waals surface area contributed by atoms with Crippen LogP contribution in [-0.2, 0) is 0 Å². The molecule has 0 aromatic carbocycles. The van der Waals surface area contributed by atoms with Gasteiger partial charge in [-0.3, -0.25) is 5.66 Å². The Morgan fingerprint density at radius 3 is 2.50 bits per heavy atom. The lowest BCUT2D eigenvalue weighted by atomic mass is 10.2. The van der Waals surface area contributed by atoms with Crippen molar-refractivity contribution in [2.75, 3.05) is 0 Å². The molecular weight excluding hydrogens is 89.8 g/mol. The van der Waals surface area contributed by atoms with Crippen molar-refractivity contribution in [2.45, 2.75) is 0 Å². The molecule has 0 aliphatic heterocycles. The summed E-state index contributed by atoms with van der Waals surface area (Å²) in [4.78, 5) is 0. The molecule has 6 heavy (non-hydrogen) atoms. The first-order valence-electron chi connectivity index (χ1n) is 1.24. The summed E-state index contributed by atoms with van der Waals surface area (Å²) >= 11 is 0. The van der Waals surface area contributed by atoms with Crippen LogP contribution < -0.4 is 0 Å². The predicted molar refractivity (Wildman–Crippen MR) is 27.6 cm³/mol. The van der Waals surface area contributed by atoms with Gasteiger partial charge in [0.1, 0.15) is 0 Å². The molecule has 0 rings (SSSR count). The third kappa shape index (κ3) is 3.61. The van der Waals surface area contributed by atoms with Crippen LogP contribution in [0.5, 0.6) is 0 Å². The molecule has 0 amide bonds. The Kier molecular flexibility index (Phi) is 4.32. The van der Waals surface area contributed by atoms with E-state index in [-0.39, 0.29) is 0 Å². The smallest absolute Gasteiger partial charge is 0.184 e. The molecule has 0 bridgehead atoms. The van der Waals surface area contributed by atoms with Gasteiger partial charge in [0.2, 0.25) is 0 Å². The van der Waals surface area contributed by atoms with Crippen molar-refractivity contribution in [1.82, 2.24) is 0 Å². The first kappa shape index (κ1) is 5.61. The van der Waals surface area contributed by atoms with Gasteiger partial charge in [-0.25, -0.2) is 5.82 Å². The fourth-order valence-corrected chi connectivity index (χ4v) is 0.181. The van der Waals surface area contributed by atoms with E-state index < -0.39 is 0 Å². The van der Waals surface area contributed by atoms with Gasteiger partial charge in [0.05, 0.1) is 0 Å². The van der Waals surface area contributed by atoms with Crippen molar-refractivity contribution in [3.63, 3.8) is 0 Å². The third-order valence-electron chi connectivity index (χ3n) is 0.176. The van der Waals surface area contributed by atoms with Gasteiger partial charge >= 0.3 is 0 Å². The lowest BCUT2D eigenvalue weighted by Crippen LogP contribution is -1.42. The highest BCUT2D eigenvalue weighted by Gasteiger charge is 1.26. The van der Waals surface area contributed by atoms with Crippen molar-refractivity contribution < 1.29 is 0 Å². The molecule has 0 saturated carbocycles. The average molecular weight is 89.8 g/mol. The molecule has 0 aliphatic rings. The molecule has 2 radical (unpaired) electrons. The van der Waals surface area contributed by atoms with Crippen LogP contribution >= 0.6 is 8.58 Å². The SMILES string of the molecule is [B]C#C[P-]C#[C-]. The molecular formula is C4BP-2. The molecule has 0 saturated heterocycles. The second-order valence-corrected chi connectivity index (χ2v) is 1.15. The van der Waals surface area contributed by atoms with Gasteiger partial charge in [-0.05, 0) is 0 Å². The molecule has 0 aromatic rings. The molecule has 2 heteroatoms. The van der Waals surface area contributed by atoms with Gasteiger partial charge < -0.3 is 20.7 Å². The van der Waals surface area contributed by atoms with Crippen molar-refractivity contribution in [3.05, 3.63) is 6.42 Å². The molecule has 0 aliphatic carbocycles. The molecule has 0 atom stereocenters.